The molecule has 1 aromatic carbocycles. The molecule has 0 saturated carbocycles. The van der Waals surface area contributed by atoms with Crippen molar-refractivity contribution in [3.05, 3.63) is 52.0 Å². The normalized spacial score (nSPS) is 14.9. The molecule has 3 aromatic rings. The Morgan fingerprint density at radius 2 is 1.50 bits per heavy atom. The fraction of sp³-hybridized carbons (Fsp3) is 0.316. The standard InChI is InChI=1S/C19H19Cl2N5/c1-12-9-17(15-4-3-14(20)11-16(15)22-12)25-5-7-26(8-6-25)18-10-13(2)23-19(21)24-18/h3-4,9-11H,5-8H2,1-2H3. The van der Waals surface area contributed by atoms with E-state index >= 15 is 0 Å². The number of rotatable bonds is 2. The van der Waals surface area contributed by atoms with Gasteiger partial charge in [0.15, 0.2) is 0 Å². The second-order valence-corrected chi connectivity index (χ2v) is 7.33. The number of pyridine rings is 1. The van der Waals surface area contributed by atoms with Gasteiger partial charge in [0.2, 0.25) is 5.28 Å². The first-order valence-electron chi connectivity index (χ1n) is 8.57. The van der Waals surface area contributed by atoms with Crippen LogP contribution in [0.5, 0.6) is 0 Å². The largest absolute Gasteiger partial charge is 0.367 e. The van der Waals surface area contributed by atoms with Crippen molar-refractivity contribution in [1.29, 1.82) is 0 Å². The number of aryl methyl sites for hydroxylation is 2. The molecule has 1 aliphatic rings. The minimum Gasteiger partial charge on any atom is -0.367 e. The third-order valence-corrected chi connectivity index (χ3v) is 5.04. The summed E-state index contributed by atoms with van der Waals surface area (Å²) in [5, 5.41) is 2.15. The number of aromatic nitrogens is 3. The van der Waals surface area contributed by atoms with Crippen LogP contribution in [-0.4, -0.2) is 41.1 Å². The van der Waals surface area contributed by atoms with E-state index in [9.17, 15) is 0 Å². The van der Waals surface area contributed by atoms with Crippen molar-refractivity contribution in [2.24, 2.45) is 0 Å². The Labute approximate surface area is 162 Å². The molecule has 0 aliphatic carbocycles. The van der Waals surface area contributed by atoms with Crippen LogP contribution < -0.4 is 9.80 Å². The van der Waals surface area contributed by atoms with Crippen LogP contribution in [0.25, 0.3) is 10.9 Å². The summed E-state index contributed by atoms with van der Waals surface area (Å²) >= 11 is 12.2. The summed E-state index contributed by atoms with van der Waals surface area (Å²) in [6.07, 6.45) is 0. The van der Waals surface area contributed by atoms with E-state index in [0.717, 1.165) is 54.3 Å². The third-order valence-electron chi connectivity index (χ3n) is 4.64. The lowest BCUT2D eigenvalue weighted by Crippen LogP contribution is -2.47. The first kappa shape index (κ1) is 17.3. The summed E-state index contributed by atoms with van der Waals surface area (Å²) in [5.74, 6) is 0.893. The maximum Gasteiger partial charge on any atom is 0.224 e. The van der Waals surface area contributed by atoms with Gasteiger partial charge in [0, 0.05) is 59.7 Å². The van der Waals surface area contributed by atoms with E-state index in [4.69, 9.17) is 23.2 Å². The molecule has 2 aromatic heterocycles. The summed E-state index contributed by atoms with van der Waals surface area (Å²) in [7, 11) is 0. The number of anilines is 2. The number of piperazine rings is 1. The van der Waals surface area contributed by atoms with Gasteiger partial charge in [0.25, 0.3) is 0 Å². The fourth-order valence-electron chi connectivity index (χ4n) is 3.43. The Bertz CT molecular complexity index is 942. The number of fused-ring (bicyclic) bond motifs is 1. The molecule has 0 radical (unpaired) electrons. The van der Waals surface area contributed by atoms with Gasteiger partial charge >= 0.3 is 0 Å². The molecule has 0 amide bonds. The van der Waals surface area contributed by atoms with E-state index in [0.29, 0.717) is 10.3 Å². The van der Waals surface area contributed by atoms with Gasteiger partial charge in [-0.05, 0) is 49.7 Å². The lowest BCUT2D eigenvalue weighted by molar-refractivity contribution is 0.647. The van der Waals surface area contributed by atoms with Gasteiger partial charge < -0.3 is 9.80 Å². The lowest BCUT2D eigenvalue weighted by Gasteiger charge is -2.37. The van der Waals surface area contributed by atoms with Crippen molar-refractivity contribution in [3.8, 4) is 0 Å². The summed E-state index contributed by atoms with van der Waals surface area (Å²) in [5.41, 5.74) is 4.03. The van der Waals surface area contributed by atoms with Crippen molar-refractivity contribution in [3.63, 3.8) is 0 Å². The molecule has 0 bridgehead atoms. The SMILES string of the molecule is Cc1cc(N2CCN(c3cc(C)nc4cc(Cl)ccc34)CC2)nc(Cl)n1. The highest BCUT2D eigenvalue weighted by Gasteiger charge is 2.21. The molecule has 1 fully saturated rings. The topological polar surface area (TPSA) is 45.2 Å². The predicted molar refractivity (Wildman–Crippen MR) is 108 cm³/mol. The zero-order valence-electron chi connectivity index (χ0n) is 14.7. The van der Waals surface area contributed by atoms with Crippen LogP contribution in [0, 0.1) is 13.8 Å². The third kappa shape index (κ3) is 3.41. The maximum atomic E-state index is 6.14. The Hall–Kier alpha value is -2.11. The molecular formula is C19H19Cl2N5. The van der Waals surface area contributed by atoms with Crippen LogP contribution in [0.3, 0.4) is 0 Å². The second kappa shape index (κ2) is 6.89. The van der Waals surface area contributed by atoms with Gasteiger partial charge in [-0.2, -0.15) is 0 Å². The summed E-state index contributed by atoms with van der Waals surface area (Å²) < 4.78 is 0. The molecule has 0 spiro atoms. The van der Waals surface area contributed by atoms with Crippen LogP contribution in [-0.2, 0) is 0 Å². The summed E-state index contributed by atoms with van der Waals surface area (Å²) in [4.78, 5) is 17.8. The van der Waals surface area contributed by atoms with Crippen molar-refractivity contribution >= 4 is 45.6 Å². The van der Waals surface area contributed by atoms with Crippen LogP contribution in [0.15, 0.2) is 30.3 Å². The molecular weight excluding hydrogens is 369 g/mol. The monoisotopic (exact) mass is 387 g/mol. The lowest BCUT2D eigenvalue weighted by atomic mass is 10.1. The zero-order chi connectivity index (χ0) is 18.3. The number of benzene rings is 1. The highest BCUT2D eigenvalue weighted by atomic mass is 35.5. The molecule has 4 rings (SSSR count). The number of hydrogen-bond acceptors (Lipinski definition) is 5. The molecule has 1 saturated heterocycles. The van der Waals surface area contributed by atoms with Gasteiger partial charge in [-0.3, -0.25) is 4.98 Å². The highest BCUT2D eigenvalue weighted by molar-refractivity contribution is 6.31. The van der Waals surface area contributed by atoms with Crippen molar-refractivity contribution < 1.29 is 0 Å². The first-order valence-corrected chi connectivity index (χ1v) is 9.33. The van der Waals surface area contributed by atoms with E-state index in [2.05, 4.69) is 36.9 Å². The summed E-state index contributed by atoms with van der Waals surface area (Å²) in [6.45, 7) is 7.52. The van der Waals surface area contributed by atoms with Gasteiger partial charge in [0.1, 0.15) is 5.82 Å². The van der Waals surface area contributed by atoms with Gasteiger partial charge in [-0.25, -0.2) is 9.97 Å². The van der Waals surface area contributed by atoms with E-state index < -0.39 is 0 Å². The zero-order valence-corrected chi connectivity index (χ0v) is 16.2. The van der Waals surface area contributed by atoms with Crippen LogP contribution in [0.4, 0.5) is 11.5 Å². The Morgan fingerprint density at radius 1 is 0.808 bits per heavy atom. The number of halogens is 2. The van der Waals surface area contributed by atoms with Gasteiger partial charge in [-0.15, -0.1) is 0 Å². The Balaban J connectivity index is 1.59. The van der Waals surface area contributed by atoms with Crippen LogP contribution >= 0.6 is 23.2 Å². The smallest absolute Gasteiger partial charge is 0.224 e. The Kier molecular flexibility index (Phi) is 4.59. The quantitative estimate of drug-likeness (QED) is 0.614. The minimum atomic E-state index is 0.301. The number of nitrogens with zero attached hydrogens (tertiary/aromatic N) is 5. The molecule has 1 aliphatic heterocycles. The molecule has 7 heteroatoms. The Morgan fingerprint density at radius 3 is 2.23 bits per heavy atom. The maximum absolute atomic E-state index is 6.14. The molecule has 0 N–H and O–H groups in total. The van der Waals surface area contributed by atoms with Gasteiger partial charge in [0.05, 0.1) is 5.52 Å². The predicted octanol–water partition coefficient (Wildman–Crippen LogP) is 4.28. The van der Waals surface area contributed by atoms with Crippen molar-refractivity contribution in [1.82, 2.24) is 15.0 Å². The number of hydrogen-bond donors (Lipinski definition) is 0. The minimum absolute atomic E-state index is 0.301. The molecule has 5 nitrogen and oxygen atoms in total. The van der Waals surface area contributed by atoms with E-state index in [1.54, 1.807) is 0 Å². The average molecular weight is 388 g/mol. The van der Waals surface area contributed by atoms with E-state index in [1.165, 1.54) is 5.69 Å². The van der Waals surface area contributed by atoms with Crippen LogP contribution in [0.2, 0.25) is 10.3 Å². The first-order chi connectivity index (χ1) is 12.5. The molecule has 0 atom stereocenters. The van der Waals surface area contributed by atoms with E-state index in [1.807, 2.05) is 32.0 Å². The van der Waals surface area contributed by atoms with E-state index in [-0.39, 0.29) is 0 Å². The van der Waals surface area contributed by atoms with Crippen LogP contribution in [0.1, 0.15) is 11.4 Å². The summed E-state index contributed by atoms with van der Waals surface area (Å²) in [6, 6.07) is 10.0. The van der Waals surface area contributed by atoms with Crippen molar-refractivity contribution in [2.75, 3.05) is 36.0 Å². The molecule has 3 heterocycles. The second-order valence-electron chi connectivity index (χ2n) is 6.55. The highest BCUT2D eigenvalue weighted by Crippen LogP contribution is 2.30. The molecule has 26 heavy (non-hydrogen) atoms. The molecule has 0 unspecified atom stereocenters. The van der Waals surface area contributed by atoms with Crippen molar-refractivity contribution in [2.45, 2.75) is 13.8 Å². The van der Waals surface area contributed by atoms with Gasteiger partial charge in [-0.1, -0.05) is 11.6 Å². The fourth-order valence-corrected chi connectivity index (χ4v) is 3.81. The average Bonchev–Trinajstić information content (AvgIpc) is 2.60. The molecule has 134 valence electrons.